The monoisotopic (exact) mass is 280 g/mol. The molecule has 1 aromatic carbocycles. The van der Waals surface area contributed by atoms with Gasteiger partial charge in [-0.25, -0.2) is 0 Å². The van der Waals surface area contributed by atoms with Crippen molar-refractivity contribution >= 4 is 17.4 Å². The number of nitrogens with zero attached hydrogens (tertiary/aromatic N) is 1. The number of aryl methyl sites for hydroxylation is 1. The molecule has 1 aliphatic rings. The quantitative estimate of drug-likeness (QED) is 0.643. The highest BCUT2D eigenvalue weighted by atomic mass is 32.2. The Morgan fingerprint density at radius 2 is 2.11 bits per heavy atom. The van der Waals surface area contributed by atoms with Crippen LogP contribution in [-0.2, 0) is 6.42 Å². The lowest BCUT2D eigenvalue weighted by Crippen LogP contribution is -2.35. The third kappa shape index (κ3) is 3.94. The Hall–Kier alpha value is -1.07. The van der Waals surface area contributed by atoms with Gasteiger partial charge in [0.2, 0.25) is 0 Å². The fraction of sp³-hybridized carbons (Fsp3) is 0.571. The Balaban J connectivity index is 1.86. The van der Waals surface area contributed by atoms with Crippen LogP contribution in [0.4, 0.5) is 5.69 Å². The summed E-state index contributed by atoms with van der Waals surface area (Å²) in [6.45, 7) is 3.18. The van der Waals surface area contributed by atoms with Gasteiger partial charge in [0.15, 0.2) is 0 Å². The fourth-order valence-corrected chi connectivity index (χ4v) is 3.99. The largest absolute Gasteiger partial charge is 0.313 e. The summed E-state index contributed by atoms with van der Waals surface area (Å²) in [5.41, 5.74) is 1.36. The van der Waals surface area contributed by atoms with E-state index in [0.29, 0.717) is 6.04 Å². The molecular formula is C14H20N2O2S. The maximum atomic E-state index is 10.6. The van der Waals surface area contributed by atoms with Crippen LogP contribution in [0, 0.1) is 16.0 Å². The third-order valence-corrected chi connectivity index (χ3v) is 4.87. The molecule has 0 bridgehead atoms. The molecule has 1 saturated heterocycles. The van der Waals surface area contributed by atoms with E-state index in [-0.39, 0.29) is 10.6 Å². The zero-order valence-corrected chi connectivity index (χ0v) is 12.0. The van der Waals surface area contributed by atoms with E-state index in [1.165, 1.54) is 17.1 Å². The van der Waals surface area contributed by atoms with Gasteiger partial charge in [0, 0.05) is 23.9 Å². The van der Waals surface area contributed by atoms with Crippen molar-refractivity contribution in [1.82, 2.24) is 5.32 Å². The number of rotatable bonds is 6. The first-order chi connectivity index (χ1) is 9.20. The second kappa shape index (κ2) is 6.91. The molecule has 1 aromatic rings. The lowest BCUT2D eigenvalue weighted by molar-refractivity contribution is -0.384. The molecular weight excluding hydrogens is 260 g/mol. The summed E-state index contributed by atoms with van der Waals surface area (Å²) in [5.74, 6) is 3.16. The summed E-state index contributed by atoms with van der Waals surface area (Å²) in [6, 6.07) is 7.58. The summed E-state index contributed by atoms with van der Waals surface area (Å²) in [7, 11) is 0. The second-order valence-corrected chi connectivity index (χ2v) is 6.00. The molecule has 4 nitrogen and oxygen atoms in total. The van der Waals surface area contributed by atoms with Gasteiger partial charge in [0.1, 0.15) is 0 Å². The molecule has 0 amide bonds. The molecule has 0 aliphatic carbocycles. The maximum absolute atomic E-state index is 10.6. The number of benzene rings is 1. The number of non-ortho nitro benzene ring substituents is 1. The number of nitro groups is 1. The number of thioether (sulfide) groups is 1. The Kier molecular flexibility index (Phi) is 5.22. The molecule has 1 fully saturated rings. The van der Waals surface area contributed by atoms with Crippen molar-refractivity contribution in [2.24, 2.45) is 5.92 Å². The number of hydrogen-bond acceptors (Lipinski definition) is 4. The van der Waals surface area contributed by atoms with E-state index in [0.717, 1.165) is 25.3 Å². The van der Waals surface area contributed by atoms with Crippen molar-refractivity contribution in [3.8, 4) is 0 Å². The highest BCUT2D eigenvalue weighted by molar-refractivity contribution is 7.99. The normalized spacial score (nSPS) is 22.6. The average molecular weight is 280 g/mol. The van der Waals surface area contributed by atoms with Crippen molar-refractivity contribution in [2.75, 3.05) is 18.1 Å². The SMILES string of the molecule is CCNC1CSCC1CCc1ccc([N+](=O)[O-])cc1. The van der Waals surface area contributed by atoms with Crippen molar-refractivity contribution in [1.29, 1.82) is 0 Å². The highest BCUT2D eigenvalue weighted by Gasteiger charge is 2.26. The Morgan fingerprint density at radius 3 is 2.74 bits per heavy atom. The standard InChI is InChI=1S/C14H20N2O2S/c1-2-15-14-10-19-9-12(14)6-3-11-4-7-13(8-5-11)16(17)18/h4-5,7-8,12,14-15H,2-3,6,9-10H2,1H3. The highest BCUT2D eigenvalue weighted by Crippen LogP contribution is 2.28. The van der Waals surface area contributed by atoms with Crippen LogP contribution < -0.4 is 5.32 Å². The smallest absolute Gasteiger partial charge is 0.269 e. The number of hydrogen-bond donors (Lipinski definition) is 1. The molecule has 104 valence electrons. The minimum Gasteiger partial charge on any atom is -0.313 e. The summed E-state index contributed by atoms with van der Waals surface area (Å²) < 4.78 is 0. The second-order valence-electron chi connectivity index (χ2n) is 4.92. The minimum atomic E-state index is -0.349. The van der Waals surface area contributed by atoms with Crippen LogP contribution in [-0.4, -0.2) is 29.0 Å². The van der Waals surface area contributed by atoms with Crippen molar-refractivity contribution < 1.29 is 4.92 Å². The average Bonchev–Trinajstić information content (AvgIpc) is 2.85. The van der Waals surface area contributed by atoms with Crippen molar-refractivity contribution in [2.45, 2.75) is 25.8 Å². The molecule has 0 radical (unpaired) electrons. The van der Waals surface area contributed by atoms with Gasteiger partial charge in [-0.15, -0.1) is 0 Å². The van der Waals surface area contributed by atoms with E-state index >= 15 is 0 Å². The summed E-state index contributed by atoms with van der Waals surface area (Å²) in [4.78, 5) is 10.2. The molecule has 2 unspecified atom stereocenters. The Morgan fingerprint density at radius 1 is 1.37 bits per heavy atom. The van der Waals surface area contributed by atoms with Crippen LogP contribution in [0.25, 0.3) is 0 Å². The van der Waals surface area contributed by atoms with Crippen LogP contribution in [0.5, 0.6) is 0 Å². The molecule has 5 heteroatoms. The van der Waals surface area contributed by atoms with Gasteiger partial charge in [-0.1, -0.05) is 19.1 Å². The number of nitro benzene ring substituents is 1. The topological polar surface area (TPSA) is 55.2 Å². The van der Waals surface area contributed by atoms with Gasteiger partial charge in [-0.2, -0.15) is 11.8 Å². The summed E-state index contributed by atoms with van der Waals surface area (Å²) in [6.07, 6.45) is 2.16. The molecule has 1 heterocycles. The molecule has 2 atom stereocenters. The molecule has 1 N–H and O–H groups in total. The lowest BCUT2D eigenvalue weighted by atomic mass is 9.95. The van der Waals surface area contributed by atoms with E-state index in [1.807, 2.05) is 23.9 Å². The first kappa shape index (κ1) is 14.3. The van der Waals surface area contributed by atoms with Crippen molar-refractivity contribution in [3.63, 3.8) is 0 Å². The first-order valence-electron chi connectivity index (χ1n) is 6.75. The first-order valence-corrected chi connectivity index (χ1v) is 7.90. The Bertz CT molecular complexity index is 422. The fourth-order valence-electron chi connectivity index (χ4n) is 2.51. The van der Waals surface area contributed by atoms with Gasteiger partial charge in [-0.05, 0) is 36.6 Å². The van der Waals surface area contributed by atoms with Gasteiger partial charge in [0.05, 0.1) is 4.92 Å². The molecule has 0 aromatic heterocycles. The van der Waals surface area contributed by atoms with Crippen LogP contribution in [0.1, 0.15) is 18.9 Å². The van der Waals surface area contributed by atoms with E-state index in [2.05, 4.69) is 12.2 Å². The van der Waals surface area contributed by atoms with Crippen LogP contribution >= 0.6 is 11.8 Å². The van der Waals surface area contributed by atoms with Crippen LogP contribution in [0.2, 0.25) is 0 Å². The number of nitrogens with one attached hydrogen (secondary N) is 1. The van der Waals surface area contributed by atoms with Crippen LogP contribution in [0.15, 0.2) is 24.3 Å². The molecule has 1 aliphatic heterocycles. The lowest BCUT2D eigenvalue weighted by Gasteiger charge is -2.19. The van der Waals surface area contributed by atoms with E-state index in [4.69, 9.17) is 0 Å². The molecule has 0 spiro atoms. The predicted octanol–water partition coefficient (Wildman–Crippen LogP) is 2.87. The van der Waals surface area contributed by atoms with Crippen LogP contribution in [0.3, 0.4) is 0 Å². The maximum Gasteiger partial charge on any atom is 0.269 e. The minimum absolute atomic E-state index is 0.172. The molecule has 0 saturated carbocycles. The van der Waals surface area contributed by atoms with E-state index in [9.17, 15) is 10.1 Å². The van der Waals surface area contributed by atoms with Gasteiger partial charge in [0.25, 0.3) is 5.69 Å². The predicted molar refractivity (Wildman–Crippen MR) is 79.7 cm³/mol. The van der Waals surface area contributed by atoms with Gasteiger partial charge in [-0.3, -0.25) is 10.1 Å². The molecule has 2 rings (SSSR count). The van der Waals surface area contributed by atoms with Gasteiger partial charge < -0.3 is 5.32 Å². The Labute approximate surface area is 118 Å². The van der Waals surface area contributed by atoms with Crippen molar-refractivity contribution in [3.05, 3.63) is 39.9 Å². The summed E-state index contributed by atoms with van der Waals surface area (Å²) in [5, 5.41) is 14.1. The summed E-state index contributed by atoms with van der Waals surface area (Å²) >= 11 is 2.02. The van der Waals surface area contributed by atoms with E-state index in [1.54, 1.807) is 12.1 Å². The van der Waals surface area contributed by atoms with Gasteiger partial charge >= 0.3 is 0 Å². The zero-order chi connectivity index (χ0) is 13.7. The van der Waals surface area contributed by atoms with E-state index < -0.39 is 0 Å². The third-order valence-electron chi connectivity index (χ3n) is 3.62. The zero-order valence-electron chi connectivity index (χ0n) is 11.2. The molecule has 19 heavy (non-hydrogen) atoms.